The summed E-state index contributed by atoms with van der Waals surface area (Å²) in [6.07, 6.45) is 0.195. The van der Waals surface area contributed by atoms with Crippen molar-refractivity contribution in [3.63, 3.8) is 0 Å². The zero-order chi connectivity index (χ0) is 15.4. The summed E-state index contributed by atoms with van der Waals surface area (Å²) in [4.78, 5) is 22.0. The normalized spacial score (nSPS) is 10.2. The van der Waals surface area contributed by atoms with Gasteiger partial charge < -0.3 is 5.32 Å². The highest BCUT2D eigenvalue weighted by molar-refractivity contribution is 9.10. The molecule has 0 unspecified atom stereocenters. The van der Waals surface area contributed by atoms with Crippen molar-refractivity contribution < 1.29 is 9.72 Å². The number of carbonyl (C=O) groups is 1. The molecule has 1 amide bonds. The lowest BCUT2D eigenvalue weighted by molar-refractivity contribution is -0.384. The van der Waals surface area contributed by atoms with E-state index in [1.807, 2.05) is 24.3 Å². The van der Waals surface area contributed by atoms with Gasteiger partial charge in [-0.3, -0.25) is 14.9 Å². The third kappa shape index (κ3) is 4.27. The van der Waals surface area contributed by atoms with E-state index in [4.69, 9.17) is 11.6 Å². The fraction of sp³-hybridized carbons (Fsp3) is 0.0714. The number of halogens is 2. The summed E-state index contributed by atoms with van der Waals surface area (Å²) in [7, 11) is 0. The molecule has 5 nitrogen and oxygen atoms in total. The number of rotatable bonds is 4. The summed E-state index contributed by atoms with van der Waals surface area (Å²) >= 11 is 9.24. The standard InChI is InChI=1S/C14H10BrClN2O3/c15-10-3-1-9(2-4-10)7-14(19)17-13-6-5-11(18(20)21)8-12(13)16/h1-6,8H,7H2,(H,17,19). The minimum Gasteiger partial charge on any atom is -0.324 e. The number of amides is 1. The van der Waals surface area contributed by atoms with Crippen LogP contribution < -0.4 is 5.32 Å². The molecule has 2 rings (SSSR count). The van der Waals surface area contributed by atoms with Crippen molar-refractivity contribution in [2.75, 3.05) is 5.32 Å². The molecule has 0 bridgehead atoms. The average Bonchev–Trinajstić information content (AvgIpc) is 2.43. The van der Waals surface area contributed by atoms with Crippen LogP contribution in [0.5, 0.6) is 0 Å². The fourth-order valence-corrected chi connectivity index (χ4v) is 2.19. The Morgan fingerprint density at radius 2 is 1.90 bits per heavy atom. The second-order valence-electron chi connectivity index (χ2n) is 4.27. The number of nitro benzene ring substituents is 1. The monoisotopic (exact) mass is 368 g/mol. The zero-order valence-electron chi connectivity index (χ0n) is 10.7. The van der Waals surface area contributed by atoms with Crippen LogP contribution in [0.2, 0.25) is 5.02 Å². The Balaban J connectivity index is 2.06. The quantitative estimate of drug-likeness (QED) is 0.648. The molecule has 7 heteroatoms. The van der Waals surface area contributed by atoms with E-state index in [-0.39, 0.29) is 23.0 Å². The fourth-order valence-electron chi connectivity index (χ4n) is 1.70. The van der Waals surface area contributed by atoms with E-state index >= 15 is 0 Å². The SMILES string of the molecule is O=C(Cc1ccc(Br)cc1)Nc1ccc([N+](=O)[O-])cc1Cl. The van der Waals surface area contributed by atoms with E-state index in [9.17, 15) is 14.9 Å². The Bertz CT molecular complexity index is 689. The zero-order valence-corrected chi connectivity index (χ0v) is 13.0. The van der Waals surface area contributed by atoms with Gasteiger partial charge in [0.2, 0.25) is 5.91 Å². The lowest BCUT2D eigenvalue weighted by Gasteiger charge is -2.07. The molecule has 2 aromatic carbocycles. The third-order valence-corrected chi connectivity index (χ3v) is 3.56. The summed E-state index contributed by atoms with van der Waals surface area (Å²) in [5, 5.41) is 13.4. The van der Waals surface area contributed by atoms with Crippen LogP contribution in [0, 0.1) is 10.1 Å². The van der Waals surface area contributed by atoms with Crippen molar-refractivity contribution in [1.29, 1.82) is 0 Å². The summed E-state index contributed by atoms with van der Waals surface area (Å²) in [6.45, 7) is 0. The molecule has 2 aromatic rings. The highest BCUT2D eigenvalue weighted by atomic mass is 79.9. The van der Waals surface area contributed by atoms with Crippen molar-refractivity contribution in [3.8, 4) is 0 Å². The molecule has 0 radical (unpaired) electrons. The first-order chi connectivity index (χ1) is 9.95. The van der Waals surface area contributed by atoms with Crippen LogP contribution in [0.25, 0.3) is 0 Å². The first-order valence-corrected chi connectivity index (χ1v) is 7.11. The number of anilines is 1. The van der Waals surface area contributed by atoms with Crippen molar-refractivity contribution in [1.82, 2.24) is 0 Å². The smallest absolute Gasteiger partial charge is 0.271 e. The maximum Gasteiger partial charge on any atom is 0.271 e. The topological polar surface area (TPSA) is 72.2 Å². The van der Waals surface area contributed by atoms with E-state index in [0.717, 1.165) is 10.0 Å². The van der Waals surface area contributed by atoms with Crippen molar-refractivity contribution >= 4 is 44.8 Å². The summed E-state index contributed by atoms with van der Waals surface area (Å²) < 4.78 is 0.935. The molecule has 1 N–H and O–H groups in total. The van der Waals surface area contributed by atoms with Gasteiger partial charge in [0.1, 0.15) is 0 Å². The maximum atomic E-state index is 11.9. The first-order valence-electron chi connectivity index (χ1n) is 5.94. The van der Waals surface area contributed by atoms with E-state index in [2.05, 4.69) is 21.2 Å². The predicted octanol–water partition coefficient (Wildman–Crippen LogP) is 4.19. The third-order valence-electron chi connectivity index (χ3n) is 2.72. The number of benzene rings is 2. The minimum atomic E-state index is -0.542. The van der Waals surface area contributed by atoms with Gasteiger partial charge in [-0.15, -0.1) is 0 Å². The molecule has 21 heavy (non-hydrogen) atoms. The van der Waals surface area contributed by atoms with Crippen LogP contribution in [0.4, 0.5) is 11.4 Å². The molecular formula is C14H10BrClN2O3. The van der Waals surface area contributed by atoms with Crippen molar-refractivity contribution in [2.45, 2.75) is 6.42 Å². The summed E-state index contributed by atoms with van der Waals surface area (Å²) in [5.74, 6) is -0.243. The Morgan fingerprint density at radius 1 is 1.24 bits per heavy atom. The van der Waals surface area contributed by atoms with Gasteiger partial charge >= 0.3 is 0 Å². The number of nitrogens with one attached hydrogen (secondary N) is 1. The molecule has 0 saturated heterocycles. The van der Waals surface area contributed by atoms with Crippen LogP contribution in [0.15, 0.2) is 46.9 Å². The van der Waals surface area contributed by atoms with Crippen LogP contribution in [-0.4, -0.2) is 10.8 Å². The van der Waals surface area contributed by atoms with Crippen molar-refractivity contribution in [2.24, 2.45) is 0 Å². The molecule has 0 heterocycles. The lowest BCUT2D eigenvalue weighted by Crippen LogP contribution is -2.14. The van der Waals surface area contributed by atoms with Gasteiger partial charge in [0.15, 0.2) is 0 Å². The average molecular weight is 370 g/mol. The molecule has 0 fully saturated rings. The Hall–Kier alpha value is -1.92. The van der Waals surface area contributed by atoms with E-state index in [1.165, 1.54) is 18.2 Å². The van der Waals surface area contributed by atoms with E-state index in [0.29, 0.717) is 5.69 Å². The highest BCUT2D eigenvalue weighted by Crippen LogP contribution is 2.26. The Morgan fingerprint density at radius 3 is 2.48 bits per heavy atom. The highest BCUT2D eigenvalue weighted by Gasteiger charge is 2.11. The minimum absolute atomic E-state index is 0.120. The number of nitrogens with zero attached hydrogens (tertiary/aromatic N) is 1. The molecule has 0 atom stereocenters. The number of non-ortho nitro benzene ring substituents is 1. The lowest BCUT2D eigenvalue weighted by atomic mass is 10.1. The molecular weight excluding hydrogens is 360 g/mol. The van der Waals surface area contributed by atoms with Gasteiger partial charge in [0, 0.05) is 16.6 Å². The summed E-state index contributed by atoms with van der Waals surface area (Å²) in [5.41, 5.74) is 1.09. The van der Waals surface area contributed by atoms with Crippen molar-refractivity contribution in [3.05, 3.63) is 67.6 Å². The maximum absolute atomic E-state index is 11.9. The molecule has 0 aromatic heterocycles. The Labute approximate surface area is 134 Å². The van der Waals surface area contributed by atoms with Crippen LogP contribution in [0.3, 0.4) is 0 Å². The van der Waals surface area contributed by atoms with E-state index in [1.54, 1.807) is 0 Å². The van der Waals surface area contributed by atoms with Gasteiger partial charge in [-0.2, -0.15) is 0 Å². The molecule has 0 aliphatic rings. The summed E-state index contributed by atoms with van der Waals surface area (Å²) in [6, 6.07) is 11.3. The van der Waals surface area contributed by atoms with Gasteiger partial charge in [-0.25, -0.2) is 0 Å². The van der Waals surface area contributed by atoms with Gasteiger partial charge in [-0.05, 0) is 23.8 Å². The molecule has 0 spiro atoms. The second kappa shape index (κ2) is 6.69. The van der Waals surface area contributed by atoms with Gasteiger partial charge in [0.05, 0.1) is 22.1 Å². The van der Waals surface area contributed by atoms with Gasteiger partial charge in [-0.1, -0.05) is 39.7 Å². The molecule has 0 aliphatic heterocycles. The first kappa shape index (κ1) is 15.5. The van der Waals surface area contributed by atoms with Crippen LogP contribution in [0.1, 0.15) is 5.56 Å². The Kier molecular flexibility index (Phi) is 4.93. The number of carbonyl (C=O) groups excluding carboxylic acids is 1. The number of nitro groups is 1. The molecule has 108 valence electrons. The second-order valence-corrected chi connectivity index (χ2v) is 5.60. The predicted molar refractivity (Wildman–Crippen MR) is 84.6 cm³/mol. The molecule has 0 aliphatic carbocycles. The number of hydrogen-bond acceptors (Lipinski definition) is 3. The number of hydrogen-bond donors (Lipinski definition) is 1. The van der Waals surface area contributed by atoms with Gasteiger partial charge in [0.25, 0.3) is 5.69 Å². The largest absolute Gasteiger partial charge is 0.324 e. The van der Waals surface area contributed by atoms with E-state index < -0.39 is 4.92 Å². The van der Waals surface area contributed by atoms with Crippen LogP contribution in [-0.2, 0) is 11.2 Å². The van der Waals surface area contributed by atoms with Crippen LogP contribution >= 0.6 is 27.5 Å². The molecule has 0 saturated carbocycles.